The van der Waals surface area contributed by atoms with E-state index < -0.39 is 0 Å². The van der Waals surface area contributed by atoms with Crippen molar-refractivity contribution in [2.24, 2.45) is 18.5 Å². The number of nitrogens with zero attached hydrogens (tertiary/aromatic N) is 3. The molecule has 0 bridgehead atoms. The van der Waals surface area contributed by atoms with Gasteiger partial charge in [0.2, 0.25) is 0 Å². The summed E-state index contributed by atoms with van der Waals surface area (Å²) in [6, 6.07) is 7.79. The molecule has 0 unspecified atom stereocenters. The topological polar surface area (TPSA) is 107 Å². The summed E-state index contributed by atoms with van der Waals surface area (Å²) < 4.78 is 1.68. The Balaban J connectivity index is 2.28. The summed E-state index contributed by atoms with van der Waals surface area (Å²) in [5.74, 6) is 1.17. The van der Waals surface area contributed by atoms with E-state index in [1.54, 1.807) is 4.68 Å². The normalized spacial score (nSPS) is 12.4. The van der Waals surface area contributed by atoms with Crippen LogP contribution in [0.2, 0.25) is 0 Å². The van der Waals surface area contributed by atoms with Crippen LogP contribution in [-0.2, 0) is 13.6 Å². The maximum atomic E-state index is 7.96. The molecular weight excluding hydrogens is 252 g/mol. The fraction of sp³-hybridized carbons (Fsp3) is 0.357. The van der Waals surface area contributed by atoms with Crippen molar-refractivity contribution >= 4 is 5.71 Å². The van der Waals surface area contributed by atoms with E-state index >= 15 is 0 Å². The van der Waals surface area contributed by atoms with Gasteiger partial charge in [0, 0.05) is 31.6 Å². The molecule has 0 aliphatic rings. The zero-order valence-corrected chi connectivity index (χ0v) is 11.8. The van der Waals surface area contributed by atoms with Gasteiger partial charge in [0.1, 0.15) is 0 Å². The maximum absolute atomic E-state index is 7.96. The lowest BCUT2D eigenvalue weighted by atomic mass is 10.1. The van der Waals surface area contributed by atoms with Gasteiger partial charge in [-0.05, 0) is 12.5 Å². The molecule has 0 aliphatic carbocycles. The van der Waals surface area contributed by atoms with Gasteiger partial charge in [0.05, 0.1) is 5.71 Å². The van der Waals surface area contributed by atoms with Gasteiger partial charge in [-0.25, -0.2) is 9.67 Å². The van der Waals surface area contributed by atoms with Gasteiger partial charge in [-0.1, -0.05) is 24.3 Å². The molecule has 0 spiro atoms. The number of hydrogen-bond acceptors (Lipinski definition) is 5. The Morgan fingerprint density at radius 2 is 2.00 bits per heavy atom. The molecule has 0 fully saturated rings. The Bertz CT molecular complexity index is 597. The summed E-state index contributed by atoms with van der Waals surface area (Å²) in [6.07, 6.45) is 0.468. The van der Waals surface area contributed by atoms with Crippen molar-refractivity contribution < 1.29 is 0 Å². The van der Waals surface area contributed by atoms with E-state index in [1.807, 2.05) is 38.2 Å². The second-order valence-corrected chi connectivity index (χ2v) is 4.94. The van der Waals surface area contributed by atoms with Crippen molar-refractivity contribution in [3.8, 4) is 11.4 Å². The van der Waals surface area contributed by atoms with E-state index in [2.05, 4.69) is 10.1 Å². The predicted molar refractivity (Wildman–Crippen MR) is 79.4 cm³/mol. The van der Waals surface area contributed by atoms with Gasteiger partial charge in [-0.2, -0.15) is 0 Å². The highest BCUT2D eigenvalue weighted by Gasteiger charge is 2.14. The Kier molecular flexibility index (Phi) is 4.26. The van der Waals surface area contributed by atoms with Crippen LogP contribution in [0.5, 0.6) is 0 Å². The number of benzene rings is 1. The smallest absolute Gasteiger partial charge is 0.195 e. The van der Waals surface area contributed by atoms with Crippen LogP contribution in [0.15, 0.2) is 24.3 Å². The zero-order chi connectivity index (χ0) is 14.7. The molecule has 1 aromatic heterocycles. The minimum absolute atomic E-state index is 0.0707. The van der Waals surface area contributed by atoms with Gasteiger partial charge in [-0.3, -0.25) is 0 Å². The number of aryl methyl sites for hydroxylation is 1. The van der Waals surface area contributed by atoms with Crippen LogP contribution in [0.25, 0.3) is 11.4 Å². The highest BCUT2D eigenvalue weighted by Crippen LogP contribution is 2.17. The van der Waals surface area contributed by atoms with Gasteiger partial charge in [0.25, 0.3) is 0 Å². The van der Waals surface area contributed by atoms with Crippen molar-refractivity contribution in [2.45, 2.75) is 25.9 Å². The summed E-state index contributed by atoms with van der Waals surface area (Å²) in [6.45, 7) is 2.38. The molecule has 20 heavy (non-hydrogen) atoms. The average Bonchev–Trinajstić information content (AvgIpc) is 2.80. The van der Waals surface area contributed by atoms with E-state index in [9.17, 15) is 0 Å². The van der Waals surface area contributed by atoms with Gasteiger partial charge in [0.15, 0.2) is 11.6 Å². The van der Waals surface area contributed by atoms with Gasteiger partial charge in [-0.15, -0.1) is 5.10 Å². The number of aromatic nitrogens is 3. The lowest BCUT2D eigenvalue weighted by Gasteiger charge is -2.02. The van der Waals surface area contributed by atoms with E-state index in [0.717, 1.165) is 17.0 Å². The predicted octanol–water partition coefficient (Wildman–Crippen LogP) is 1.05. The van der Waals surface area contributed by atoms with Crippen LogP contribution >= 0.6 is 0 Å². The molecule has 6 heteroatoms. The largest absolute Gasteiger partial charge is 0.328 e. The van der Waals surface area contributed by atoms with E-state index in [-0.39, 0.29) is 6.04 Å². The second kappa shape index (κ2) is 5.94. The third-order valence-electron chi connectivity index (χ3n) is 3.01. The average molecular weight is 272 g/mol. The molecule has 6 nitrogen and oxygen atoms in total. The van der Waals surface area contributed by atoms with Crippen LogP contribution in [-0.4, -0.2) is 26.5 Å². The lowest BCUT2D eigenvalue weighted by Crippen LogP contribution is -2.20. The van der Waals surface area contributed by atoms with Crippen LogP contribution < -0.4 is 11.5 Å². The zero-order valence-electron chi connectivity index (χ0n) is 11.8. The maximum Gasteiger partial charge on any atom is 0.195 e. The first-order valence-electron chi connectivity index (χ1n) is 6.55. The third kappa shape index (κ3) is 3.09. The summed E-state index contributed by atoms with van der Waals surface area (Å²) >= 11 is 0. The molecule has 1 atom stereocenters. The first-order chi connectivity index (χ1) is 9.51. The number of hydrogen-bond donors (Lipinski definition) is 3. The molecule has 0 saturated heterocycles. The minimum atomic E-state index is -0.0707. The van der Waals surface area contributed by atoms with Crippen molar-refractivity contribution in [1.29, 1.82) is 5.41 Å². The number of nitrogens with two attached hydrogens (primary N) is 2. The standard InChI is InChI=1S/C14H20N6/c1-9(16)7-12(17)13-18-14(20(2)19-13)11-5-3-10(8-15)4-6-11/h3-6,9,17H,7-8,15-16H2,1-2H3/t9-/m1/s1. The fourth-order valence-electron chi connectivity index (χ4n) is 1.97. The van der Waals surface area contributed by atoms with Crippen molar-refractivity contribution in [3.05, 3.63) is 35.7 Å². The molecule has 1 aromatic carbocycles. The third-order valence-corrected chi connectivity index (χ3v) is 3.01. The van der Waals surface area contributed by atoms with E-state index in [4.69, 9.17) is 16.9 Å². The molecule has 0 aliphatic heterocycles. The first-order valence-corrected chi connectivity index (χ1v) is 6.55. The van der Waals surface area contributed by atoms with Crippen molar-refractivity contribution in [2.75, 3.05) is 0 Å². The second-order valence-electron chi connectivity index (χ2n) is 4.94. The van der Waals surface area contributed by atoms with Crippen LogP contribution in [0.3, 0.4) is 0 Å². The van der Waals surface area contributed by atoms with Crippen LogP contribution in [0.1, 0.15) is 24.7 Å². The van der Waals surface area contributed by atoms with Crippen LogP contribution in [0.4, 0.5) is 0 Å². The van der Waals surface area contributed by atoms with E-state index in [1.165, 1.54) is 0 Å². The summed E-state index contributed by atoms with van der Waals surface area (Å²) in [5.41, 5.74) is 13.7. The Morgan fingerprint density at radius 3 is 2.55 bits per heavy atom. The monoisotopic (exact) mass is 272 g/mol. The summed E-state index contributed by atoms with van der Waals surface area (Å²) in [5, 5.41) is 12.2. The van der Waals surface area contributed by atoms with E-state index in [0.29, 0.717) is 24.5 Å². The quantitative estimate of drug-likeness (QED) is 0.707. The Hall–Kier alpha value is -2.05. The molecule has 1 heterocycles. The molecule has 2 aromatic rings. The lowest BCUT2D eigenvalue weighted by molar-refractivity contribution is 0.755. The summed E-state index contributed by atoms with van der Waals surface area (Å²) in [7, 11) is 1.82. The SMILES string of the molecule is C[C@@H](N)CC(=N)c1nc(-c2ccc(CN)cc2)n(C)n1. The first kappa shape index (κ1) is 14.4. The highest BCUT2D eigenvalue weighted by molar-refractivity contribution is 5.95. The molecule has 2 rings (SSSR count). The number of rotatable bonds is 5. The highest BCUT2D eigenvalue weighted by atomic mass is 15.3. The van der Waals surface area contributed by atoms with Crippen molar-refractivity contribution in [3.63, 3.8) is 0 Å². The molecular formula is C14H20N6. The number of nitrogens with one attached hydrogen (secondary N) is 1. The summed E-state index contributed by atoms with van der Waals surface area (Å²) in [4.78, 5) is 4.43. The van der Waals surface area contributed by atoms with Crippen molar-refractivity contribution in [1.82, 2.24) is 14.8 Å². The molecule has 106 valence electrons. The fourth-order valence-corrected chi connectivity index (χ4v) is 1.97. The molecule has 5 N–H and O–H groups in total. The molecule has 0 amide bonds. The minimum Gasteiger partial charge on any atom is -0.328 e. The molecule has 0 saturated carbocycles. The van der Waals surface area contributed by atoms with Crippen LogP contribution in [0, 0.1) is 5.41 Å². The Labute approximate surface area is 118 Å². The molecule has 0 radical (unpaired) electrons. The Morgan fingerprint density at radius 1 is 1.35 bits per heavy atom. The van der Waals surface area contributed by atoms with Gasteiger partial charge < -0.3 is 16.9 Å². The van der Waals surface area contributed by atoms with Gasteiger partial charge >= 0.3 is 0 Å².